The van der Waals surface area contributed by atoms with Gasteiger partial charge in [0, 0.05) is 12.8 Å². The maximum absolute atomic E-state index is 12.5. The quantitative estimate of drug-likeness (QED) is 0.447. The van der Waals surface area contributed by atoms with E-state index in [-0.39, 0.29) is 31.6 Å². The molecule has 0 spiro atoms. The highest BCUT2D eigenvalue weighted by molar-refractivity contribution is 5.21. The second kappa shape index (κ2) is 5.25. The van der Waals surface area contributed by atoms with Gasteiger partial charge in [-0.3, -0.25) is 0 Å². The van der Waals surface area contributed by atoms with Crippen LogP contribution in [0.25, 0.3) is 0 Å². The molecule has 1 rings (SSSR count). The lowest BCUT2D eigenvalue weighted by molar-refractivity contribution is -0.284. The molecule has 1 aliphatic carbocycles. The lowest BCUT2D eigenvalue weighted by Gasteiger charge is -2.19. The lowest BCUT2D eigenvalue weighted by atomic mass is 10.1. The molecule has 0 bridgehead atoms. The Morgan fingerprint density at radius 3 is 1.83 bits per heavy atom. The normalized spacial score (nSPS) is 20.2. The van der Waals surface area contributed by atoms with Crippen LogP contribution in [-0.4, -0.2) is 18.0 Å². The van der Waals surface area contributed by atoms with E-state index in [0.29, 0.717) is 12.8 Å². The molecule has 1 saturated carbocycles. The molecule has 0 saturated heterocycles. The van der Waals surface area contributed by atoms with Crippen molar-refractivity contribution in [1.29, 1.82) is 0 Å². The van der Waals surface area contributed by atoms with Crippen molar-refractivity contribution in [1.82, 2.24) is 0 Å². The fourth-order valence-electron chi connectivity index (χ4n) is 1.68. The number of hydrogen-bond donors (Lipinski definition) is 0. The Morgan fingerprint density at radius 1 is 0.889 bits per heavy atom. The van der Waals surface area contributed by atoms with E-state index in [1.807, 2.05) is 0 Å². The summed E-state index contributed by atoms with van der Waals surface area (Å²) in [7, 11) is 0. The third-order valence-corrected chi connectivity index (χ3v) is 2.96. The van der Waals surface area contributed by atoms with Gasteiger partial charge >= 0.3 is 12.1 Å². The molecule has 0 amide bonds. The van der Waals surface area contributed by atoms with Crippen molar-refractivity contribution in [3.05, 3.63) is 5.92 Å². The molecule has 1 fully saturated rings. The van der Waals surface area contributed by atoms with Gasteiger partial charge in [0.25, 0.3) is 5.92 Å². The molecule has 0 atom stereocenters. The van der Waals surface area contributed by atoms with Gasteiger partial charge in [0.2, 0.25) is 0 Å². The van der Waals surface area contributed by atoms with Crippen LogP contribution in [0.2, 0.25) is 0 Å². The van der Waals surface area contributed by atoms with E-state index in [1.165, 1.54) is 0 Å². The summed E-state index contributed by atoms with van der Waals surface area (Å²) in [6.45, 7) is 0. The zero-order valence-electron chi connectivity index (χ0n) is 9.60. The molecule has 1 radical (unpaired) electrons. The van der Waals surface area contributed by atoms with Gasteiger partial charge in [-0.05, 0) is 12.8 Å². The summed E-state index contributed by atoms with van der Waals surface area (Å²) in [5.41, 5.74) is 0. The van der Waals surface area contributed by atoms with Gasteiger partial charge in [-0.2, -0.15) is 22.0 Å². The Morgan fingerprint density at radius 2 is 1.39 bits per heavy atom. The van der Waals surface area contributed by atoms with Gasteiger partial charge < -0.3 is 0 Å². The summed E-state index contributed by atoms with van der Waals surface area (Å²) >= 11 is 0. The van der Waals surface area contributed by atoms with Gasteiger partial charge in [0.1, 0.15) is 0 Å². The van der Waals surface area contributed by atoms with Crippen LogP contribution in [0.4, 0.5) is 30.7 Å². The fourth-order valence-corrected chi connectivity index (χ4v) is 1.68. The predicted molar refractivity (Wildman–Crippen MR) is 51.5 cm³/mol. The van der Waals surface area contributed by atoms with E-state index >= 15 is 0 Å². The Balaban J connectivity index is 2.02. The molecule has 7 heteroatoms. The van der Waals surface area contributed by atoms with Crippen LogP contribution in [0.1, 0.15) is 44.9 Å². The first-order valence-electron chi connectivity index (χ1n) is 5.74. The first-order valence-corrected chi connectivity index (χ1v) is 5.74. The lowest BCUT2D eigenvalue weighted by Crippen LogP contribution is -2.36. The molecule has 0 aromatic carbocycles. The Labute approximate surface area is 101 Å². The van der Waals surface area contributed by atoms with Crippen molar-refractivity contribution in [2.24, 2.45) is 0 Å². The Bertz CT molecular complexity index is 269. The summed E-state index contributed by atoms with van der Waals surface area (Å²) in [5, 5.41) is 0. The highest BCUT2D eigenvalue weighted by Crippen LogP contribution is 2.53. The van der Waals surface area contributed by atoms with Crippen molar-refractivity contribution >= 4 is 0 Å². The van der Waals surface area contributed by atoms with Crippen LogP contribution in [0.15, 0.2) is 0 Å². The van der Waals surface area contributed by atoms with Crippen LogP contribution in [0.3, 0.4) is 0 Å². The average molecular weight is 279 g/mol. The average Bonchev–Trinajstić information content (AvgIpc) is 2.78. The zero-order chi connectivity index (χ0) is 14.0. The van der Waals surface area contributed by atoms with E-state index in [9.17, 15) is 30.7 Å². The second-order valence-electron chi connectivity index (χ2n) is 4.60. The van der Waals surface area contributed by atoms with Crippen molar-refractivity contribution in [3.63, 3.8) is 0 Å². The van der Waals surface area contributed by atoms with Crippen molar-refractivity contribution in [2.75, 3.05) is 0 Å². The van der Waals surface area contributed by atoms with E-state index in [2.05, 4.69) is 0 Å². The summed E-state index contributed by atoms with van der Waals surface area (Å²) in [6, 6.07) is 0. The molecule has 1 aliphatic rings. The number of unbranched alkanes of at least 4 members (excludes halogenated alkanes) is 3. The molecular formula is C11H14F7. The second-order valence-corrected chi connectivity index (χ2v) is 4.60. The first kappa shape index (κ1) is 15.6. The molecule has 0 heterocycles. The Kier molecular flexibility index (Phi) is 4.54. The summed E-state index contributed by atoms with van der Waals surface area (Å²) in [6.07, 6.45) is -5.94. The van der Waals surface area contributed by atoms with E-state index in [0.717, 1.165) is 0 Å². The molecule has 0 aliphatic heterocycles. The third-order valence-electron chi connectivity index (χ3n) is 2.96. The maximum Gasteiger partial charge on any atom is 0.453 e. The monoisotopic (exact) mass is 279 g/mol. The summed E-state index contributed by atoms with van der Waals surface area (Å²) in [5.74, 6) is -7.16. The highest BCUT2D eigenvalue weighted by atomic mass is 19.4. The molecule has 0 nitrogen and oxygen atoms in total. The van der Waals surface area contributed by atoms with Gasteiger partial charge in [0.05, 0.1) is 5.92 Å². The van der Waals surface area contributed by atoms with Crippen LogP contribution in [0.5, 0.6) is 0 Å². The minimum absolute atomic E-state index is 0.156. The van der Waals surface area contributed by atoms with Gasteiger partial charge in [-0.25, -0.2) is 8.78 Å². The standard InChI is InChI=1S/C11H14F7/c12-9(13)7-8(9)5-3-1-2-4-6-10(14,15)11(16,17)18/h1-7H2. The van der Waals surface area contributed by atoms with Crippen LogP contribution < -0.4 is 0 Å². The Hall–Kier alpha value is -0.490. The van der Waals surface area contributed by atoms with E-state index < -0.39 is 24.4 Å². The molecule has 0 aromatic heterocycles. The van der Waals surface area contributed by atoms with Crippen molar-refractivity contribution in [3.8, 4) is 0 Å². The number of hydrogen-bond acceptors (Lipinski definition) is 0. The van der Waals surface area contributed by atoms with Crippen molar-refractivity contribution in [2.45, 2.75) is 63.0 Å². The van der Waals surface area contributed by atoms with Crippen LogP contribution in [0, 0.1) is 5.92 Å². The molecule has 0 unspecified atom stereocenters. The van der Waals surface area contributed by atoms with Gasteiger partial charge in [-0.1, -0.05) is 19.3 Å². The topological polar surface area (TPSA) is 0 Å². The minimum atomic E-state index is -5.50. The molecule has 0 N–H and O–H groups in total. The summed E-state index contributed by atoms with van der Waals surface area (Å²) in [4.78, 5) is 0. The highest BCUT2D eigenvalue weighted by Gasteiger charge is 2.57. The number of halogens is 7. The SMILES string of the molecule is FC1(F)C[C]1CCCCCCC(F)(F)C(F)(F)F. The van der Waals surface area contributed by atoms with E-state index in [1.54, 1.807) is 0 Å². The van der Waals surface area contributed by atoms with E-state index in [4.69, 9.17) is 0 Å². The molecule has 107 valence electrons. The van der Waals surface area contributed by atoms with Crippen molar-refractivity contribution < 1.29 is 30.7 Å². The fraction of sp³-hybridized carbons (Fsp3) is 0.909. The minimum Gasteiger partial charge on any atom is -0.206 e. The first-order chi connectivity index (χ1) is 8.06. The van der Waals surface area contributed by atoms with Gasteiger partial charge in [-0.15, -0.1) is 0 Å². The third kappa shape index (κ3) is 4.31. The number of alkyl halides is 7. The summed E-state index contributed by atoms with van der Waals surface area (Å²) < 4.78 is 85.0. The molecular weight excluding hydrogens is 265 g/mol. The number of rotatable bonds is 7. The van der Waals surface area contributed by atoms with Gasteiger partial charge in [0.15, 0.2) is 0 Å². The maximum atomic E-state index is 12.5. The molecule has 18 heavy (non-hydrogen) atoms. The van der Waals surface area contributed by atoms with Crippen LogP contribution >= 0.6 is 0 Å². The predicted octanol–water partition coefficient (Wildman–Crippen LogP) is 5.14. The van der Waals surface area contributed by atoms with Crippen LogP contribution in [-0.2, 0) is 0 Å². The zero-order valence-corrected chi connectivity index (χ0v) is 9.60. The largest absolute Gasteiger partial charge is 0.453 e. The smallest absolute Gasteiger partial charge is 0.206 e. The molecule has 0 aromatic rings.